The van der Waals surface area contributed by atoms with Crippen molar-refractivity contribution < 1.29 is 24.2 Å². The Morgan fingerprint density at radius 3 is 2.26 bits per heavy atom. The number of ether oxygens (including phenoxy) is 1. The van der Waals surface area contributed by atoms with Crippen molar-refractivity contribution in [1.29, 1.82) is 0 Å². The van der Waals surface area contributed by atoms with Gasteiger partial charge in [-0.25, -0.2) is 0 Å². The molecule has 3 N–H and O–H groups in total. The maximum absolute atomic E-state index is 14.5. The fraction of sp³-hybridized carbons (Fsp3) is 0.545. The first kappa shape index (κ1) is 30.7. The standard InChI is InChI=1S/C33H42BrN3O5/c1-31(2,3)19-32(4,5)36-29(40)27-33-16-22(34)26(42-33)24(28(39)35-17-20-12-8-6-9-13-20)25(33)30(41)37(27)23(18-38)21-14-10-7-11-15-21/h6-15,22-27,38H,16-19H2,1-5H3,(H,35,39)(H,36,40)/t22?,23-,24-,25+,26-,27?,33?/m1/s1. The van der Waals surface area contributed by atoms with Gasteiger partial charge in [-0.05, 0) is 43.2 Å². The second-order valence-corrected chi connectivity index (χ2v) is 15.0. The van der Waals surface area contributed by atoms with Crippen molar-refractivity contribution >= 4 is 33.7 Å². The molecule has 7 atom stereocenters. The number of nitrogens with one attached hydrogen (secondary N) is 2. The van der Waals surface area contributed by atoms with E-state index >= 15 is 0 Å². The average Bonchev–Trinajstić information content (AvgIpc) is 3.51. The number of rotatable bonds is 9. The molecule has 5 rings (SSSR count). The molecule has 2 bridgehead atoms. The van der Waals surface area contributed by atoms with Crippen LogP contribution in [0, 0.1) is 17.3 Å². The van der Waals surface area contributed by atoms with E-state index in [0.717, 1.165) is 5.56 Å². The monoisotopic (exact) mass is 639 g/mol. The number of fused-ring (bicyclic) bond motifs is 1. The van der Waals surface area contributed by atoms with Crippen LogP contribution in [0.3, 0.4) is 0 Å². The number of halogens is 1. The predicted octanol–water partition coefficient (Wildman–Crippen LogP) is 4.12. The third-order valence-corrected chi connectivity index (χ3v) is 9.56. The number of nitrogens with zero attached hydrogens (tertiary/aromatic N) is 1. The van der Waals surface area contributed by atoms with Gasteiger partial charge in [0.05, 0.1) is 30.6 Å². The lowest BCUT2D eigenvalue weighted by Gasteiger charge is -2.40. The molecule has 2 aromatic rings. The molecule has 2 aromatic carbocycles. The fourth-order valence-corrected chi connectivity index (χ4v) is 8.65. The fourth-order valence-electron chi connectivity index (χ4n) is 7.71. The maximum Gasteiger partial charge on any atom is 0.246 e. The van der Waals surface area contributed by atoms with E-state index in [-0.39, 0.29) is 34.6 Å². The number of aliphatic hydroxyl groups is 1. The van der Waals surface area contributed by atoms with Crippen LogP contribution in [0.4, 0.5) is 0 Å². The molecule has 42 heavy (non-hydrogen) atoms. The van der Waals surface area contributed by atoms with Crippen LogP contribution in [-0.2, 0) is 25.7 Å². The molecule has 3 aliphatic heterocycles. The van der Waals surface area contributed by atoms with Gasteiger partial charge in [0.2, 0.25) is 17.7 Å². The second-order valence-electron chi connectivity index (χ2n) is 13.8. The third-order valence-electron chi connectivity index (χ3n) is 8.71. The number of aliphatic hydroxyl groups excluding tert-OH is 1. The van der Waals surface area contributed by atoms with Gasteiger partial charge in [-0.1, -0.05) is 97.4 Å². The van der Waals surface area contributed by atoms with Crippen molar-refractivity contribution in [2.45, 2.75) is 88.2 Å². The van der Waals surface area contributed by atoms with Gasteiger partial charge >= 0.3 is 0 Å². The molecule has 1 spiro atoms. The van der Waals surface area contributed by atoms with Gasteiger partial charge in [-0.2, -0.15) is 0 Å². The van der Waals surface area contributed by atoms with Crippen LogP contribution in [0.5, 0.6) is 0 Å². The molecule has 0 aliphatic carbocycles. The van der Waals surface area contributed by atoms with Gasteiger partial charge in [-0.15, -0.1) is 0 Å². The first-order valence-electron chi connectivity index (χ1n) is 14.7. The summed E-state index contributed by atoms with van der Waals surface area (Å²) in [5.41, 5.74) is -0.175. The molecule has 8 nitrogen and oxygen atoms in total. The van der Waals surface area contributed by atoms with Crippen LogP contribution in [0.15, 0.2) is 60.7 Å². The molecule has 3 amide bonds. The number of alkyl halides is 1. The molecule has 3 unspecified atom stereocenters. The van der Waals surface area contributed by atoms with Crippen LogP contribution in [0.25, 0.3) is 0 Å². The highest BCUT2D eigenvalue weighted by Crippen LogP contribution is 2.61. The molecule has 0 radical (unpaired) electrons. The first-order valence-corrected chi connectivity index (χ1v) is 15.6. The minimum atomic E-state index is -1.21. The van der Waals surface area contributed by atoms with Crippen molar-refractivity contribution in [3.05, 3.63) is 71.8 Å². The highest BCUT2D eigenvalue weighted by atomic mass is 79.9. The van der Waals surface area contributed by atoms with E-state index in [2.05, 4.69) is 47.3 Å². The van der Waals surface area contributed by atoms with E-state index in [4.69, 9.17) is 4.74 Å². The topological polar surface area (TPSA) is 108 Å². The first-order chi connectivity index (χ1) is 19.8. The lowest BCUT2D eigenvalue weighted by molar-refractivity contribution is -0.146. The minimum absolute atomic E-state index is 0.0499. The van der Waals surface area contributed by atoms with Gasteiger partial charge in [0, 0.05) is 16.9 Å². The van der Waals surface area contributed by atoms with Crippen LogP contribution >= 0.6 is 15.9 Å². The number of benzene rings is 2. The highest BCUT2D eigenvalue weighted by molar-refractivity contribution is 9.09. The predicted molar refractivity (Wildman–Crippen MR) is 163 cm³/mol. The SMILES string of the molecule is CC(C)(C)CC(C)(C)NC(=O)C1N([C@H](CO)c2ccccc2)C(=O)[C@@H]2[C@@H](C(=O)NCc3ccccc3)[C@@H]3OC12CC3Br. The van der Waals surface area contributed by atoms with Gasteiger partial charge in [-0.3, -0.25) is 14.4 Å². The van der Waals surface area contributed by atoms with Crippen molar-refractivity contribution in [3.8, 4) is 0 Å². The number of amides is 3. The summed E-state index contributed by atoms with van der Waals surface area (Å²) in [6, 6.07) is 17.0. The Kier molecular flexibility index (Phi) is 8.33. The Bertz CT molecular complexity index is 1310. The third kappa shape index (κ3) is 5.63. The van der Waals surface area contributed by atoms with E-state index in [1.54, 1.807) is 0 Å². The van der Waals surface area contributed by atoms with E-state index in [1.165, 1.54) is 4.90 Å². The maximum atomic E-state index is 14.5. The smallest absolute Gasteiger partial charge is 0.246 e. The summed E-state index contributed by atoms with van der Waals surface area (Å²) in [5.74, 6) is -2.58. The summed E-state index contributed by atoms with van der Waals surface area (Å²) in [4.78, 5) is 44.0. The van der Waals surface area contributed by atoms with E-state index in [1.807, 2.05) is 74.5 Å². The Labute approximate surface area is 256 Å². The van der Waals surface area contributed by atoms with Crippen molar-refractivity contribution in [2.24, 2.45) is 17.3 Å². The van der Waals surface area contributed by atoms with Crippen LogP contribution in [-0.4, -0.2) is 62.4 Å². The molecule has 3 aliphatic rings. The summed E-state index contributed by atoms with van der Waals surface area (Å²) in [7, 11) is 0. The zero-order valence-corrected chi connectivity index (χ0v) is 26.6. The molecular formula is C33H42BrN3O5. The Morgan fingerprint density at radius 2 is 1.67 bits per heavy atom. The number of carbonyl (C=O) groups is 3. The van der Waals surface area contributed by atoms with Gasteiger partial charge in [0.15, 0.2) is 0 Å². The van der Waals surface area contributed by atoms with Gasteiger partial charge in [0.25, 0.3) is 0 Å². The zero-order valence-electron chi connectivity index (χ0n) is 25.0. The lowest BCUT2D eigenvalue weighted by atomic mass is 9.70. The molecule has 3 heterocycles. The number of hydrogen-bond acceptors (Lipinski definition) is 5. The normalized spacial score (nSPS) is 29.4. The molecule has 226 valence electrons. The Balaban J connectivity index is 1.53. The van der Waals surface area contributed by atoms with Gasteiger partial charge < -0.3 is 25.4 Å². The zero-order chi connectivity index (χ0) is 30.4. The molecule has 0 saturated carbocycles. The minimum Gasteiger partial charge on any atom is -0.394 e. The summed E-state index contributed by atoms with van der Waals surface area (Å²) < 4.78 is 6.65. The molecule has 3 fully saturated rings. The van der Waals surface area contributed by atoms with E-state index < -0.39 is 41.2 Å². The molecule has 3 saturated heterocycles. The van der Waals surface area contributed by atoms with E-state index in [9.17, 15) is 19.5 Å². The lowest BCUT2D eigenvalue weighted by Crippen LogP contribution is -2.60. The molecule has 0 aromatic heterocycles. The number of likely N-dealkylation sites (tertiary alicyclic amines) is 1. The van der Waals surface area contributed by atoms with Crippen LogP contribution in [0.2, 0.25) is 0 Å². The van der Waals surface area contributed by atoms with Crippen LogP contribution in [0.1, 0.15) is 64.6 Å². The Hall–Kier alpha value is -2.75. The molecule has 9 heteroatoms. The van der Waals surface area contributed by atoms with E-state index in [0.29, 0.717) is 24.9 Å². The molecular weight excluding hydrogens is 598 g/mol. The Morgan fingerprint density at radius 1 is 1.05 bits per heavy atom. The quantitative estimate of drug-likeness (QED) is 0.358. The second kappa shape index (κ2) is 11.4. The number of hydrogen-bond donors (Lipinski definition) is 3. The summed E-state index contributed by atoms with van der Waals surface area (Å²) in [6.07, 6.45) is 0.552. The van der Waals surface area contributed by atoms with Crippen molar-refractivity contribution in [1.82, 2.24) is 15.5 Å². The van der Waals surface area contributed by atoms with Crippen molar-refractivity contribution in [3.63, 3.8) is 0 Å². The average molecular weight is 641 g/mol. The van der Waals surface area contributed by atoms with Crippen molar-refractivity contribution in [2.75, 3.05) is 6.61 Å². The van der Waals surface area contributed by atoms with Crippen LogP contribution < -0.4 is 10.6 Å². The number of carbonyl (C=O) groups excluding carboxylic acids is 3. The highest BCUT2D eigenvalue weighted by Gasteiger charge is 2.77. The summed E-state index contributed by atoms with van der Waals surface area (Å²) in [6.45, 7) is 10.3. The summed E-state index contributed by atoms with van der Waals surface area (Å²) in [5, 5.41) is 16.9. The largest absolute Gasteiger partial charge is 0.394 e. The van der Waals surface area contributed by atoms with Gasteiger partial charge in [0.1, 0.15) is 11.6 Å². The summed E-state index contributed by atoms with van der Waals surface area (Å²) >= 11 is 3.73.